The summed E-state index contributed by atoms with van der Waals surface area (Å²) in [4.78, 5) is 10.4. The number of piperidine rings is 1. The number of nitrogens with zero attached hydrogens (tertiary/aromatic N) is 2. The first-order valence-corrected chi connectivity index (χ1v) is 9.42. The maximum absolute atomic E-state index is 13.1. The average Bonchev–Trinajstić information content (AvgIpc) is 3.09. The van der Waals surface area contributed by atoms with Crippen LogP contribution < -0.4 is 5.32 Å². The van der Waals surface area contributed by atoms with Crippen LogP contribution in [-0.4, -0.2) is 43.3 Å². The third-order valence-electron chi connectivity index (χ3n) is 4.79. The number of benzene rings is 1. The van der Waals surface area contributed by atoms with Gasteiger partial charge in [-0.05, 0) is 44.3 Å². The Labute approximate surface area is 135 Å². The first kappa shape index (κ1) is 16.4. The number of hydrogen-bond acceptors (Lipinski definition) is 5. The highest BCUT2D eigenvalue weighted by molar-refractivity contribution is 7.89. The zero-order valence-electron chi connectivity index (χ0n) is 12.8. The highest BCUT2D eigenvalue weighted by Crippen LogP contribution is 2.34. The van der Waals surface area contributed by atoms with E-state index in [2.05, 4.69) is 5.32 Å². The summed E-state index contributed by atoms with van der Waals surface area (Å²) in [6.45, 7) is 2.16. The largest absolute Gasteiger partial charge is 0.316 e. The molecule has 2 unspecified atom stereocenters. The summed E-state index contributed by atoms with van der Waals surface area (Å²) in [5.74, 6) is 0.285. The highest BCUT2D eigenvalue weighted by atomic mass is 32.2. The van der Waals surface area contributed by atoms with E-state index in [1.165, 1.54) is 28.6 Å². The summed E-state index contributed by atoms with van der Waals surface area (Å²) in [5, 5.41) is 14.5. The van der Waals surface area contributed by atoms with Crippen LogP contribution in [0.5, 0.6) is 0 Å². The Bertz CT molecular complexity index is 686. The Hall–Kier alpha value is -1.51. The molecule has 0 spiro atoms. The third-order valence-corrected chi connectivity index (χ3v) is 6.76. The lowest BCUT2D eigenvalue weighted by Gasteiger charge is -2.37. The molecule has 1 aromatic carbocycles. The van der Waals surface area contributed by atoms with Crippen LogP contribution in [-0.2, 0) is 10.0 Å². The van der Waals surface area contributed by atoms with Crippen molar-refractivity contribution in [2.24, 2.45) is 5.92 Å². The predicted molar refractivity (Wildman–Crippen MR) is 85.6 cm³/mol. The van der Waals surface area contributed by atoms with Crippen molar-refractivity contribution in [3.8, 4) is 0 Å². The summed E-state index contributed by atoms with van der Waals surface area (Å²) in [7, 11) is -3.86. The van der Waals surface area contributed by atoms with E-state index in [0.29, 0.717) is 6.54 Å². The molecule has 0 amide bonds. The lowest BCUT2D eigenvalue weighted by atomic mass is 9.91. The minimum absolute atomic E-state index is 0.0661. The van der Waals surface area contributed by atoms with Crippen LogP contribution in [0.25, 0.3) is 0 Å². The first-order valence-electron chi connectivity index (χ1n) is 7.98. The summed E-state index contributed by atoms with van der Waals surface area (Å²) in [6.07, 6.45) is 3.58. The molecule has 2 saturated heterocycles. The molecule has 2 atom stereocenters. The Morgan fingerprint density at radius 1 is 1.22 bits per heavy atom. The summed E-state index contributed by atoms with van der Waals surface area (Å²) < 4.78 is 27.7. The van der Waals surface area contributed by atoms with Crippen LogP contribution in [0, 0.1) is 16.0 Å². The Morgan fingerprint density at radius 2 is 2.00 bits per heavy atom. The van der Waals surface area contributed by atoms with Crippen molar-refractivity contribution < 1.29 is 13.3 Å². The molecule has 8 heteroatoms. The van der Waals surface area contributed by atoms with Gasteiger partial charge >= 0.3 is 0 Å². The molecule has 0 radical (unpaired) electrons. The zero-order chi connectivity index (χ0) is 16.4. The van der Waals surface area contributed by atoms with E-state index in [1.807, 2.05) is 0 Å². The molecule has 2 fully saturated rings. The van der Waals surface area contributed by atoms with Gasteiger partial charge in [-0.15, -0.1) is 0 Å². The van der Waals surface area contributed by atoms with Crippen LogP contribution in [0.2, 0.25) is 0 Å². The molecule has 0 bridgehead atoms. The maximum Gasteiger partial charge on any atom is 0.289 e. The van der Waals surface area contributed by atoms with Gasteiger partial charge in [0.25, 0.3) is 5.69 Å². The normalized spacial score (nSPS) is 26.3. The molecule has 1 N–H and O–H groups in total. The minimum Gasteiger partial charge on any atom is -0.316 e. The number of rotatable bonds is 4. The van der Waals surface area contributed by atoms with Crippen molar-refractivity contribution in [1.29, 1.82) is 0 Å². The topological polar surface area (TPSA) is 92.5 Å². The van der Waals surface area contributed by atoms with Crippen molar-refractivity contribution in [1.82, 2.24) is 9.62 Å². The fourth-order valence-electron chi connectivity index (χ4n) is 3.66. The molecule has 0 aromatic heterocycles. The Morgan fingerprint density at radius 3 is 2.70 bits per heavy atom. The second-order valence-corrected chi connectivity index (χ2v) is 8.02. The average molecular weight is 339 g/mol. The molecule has 2 heterocycles. The molecule has 2 aliphatic heterocycles. The smallest absolute Gasteiger partial charge is 0.289 e. The molecule has 1 aromatic rings. The van der Waals surface area contributed by atoms with Gasteiger partial charge in [0.05, 0.1) is 4.92 Å². The minimum atomic E-state index is -3.86. The van der Waals surface area contributed by atoms with Gasteiger partial charge in [-0.3, -0.25) is 10.1 Å². The van der Waals surface area contributed by atoms with Crippen LogP contribution in [0.15, 0.2) is 29.2 Å². The van der Waals surface area contributed by atoms with E-state index >= 15 is 0 Å². The number of hydrogen-bond donors (Lipinski definition) is 1. The number of nitro groups is 1. The number of nitro benzene ring substituents is 1. The maximum atomic E-state index is 13.1. The van der Waals surface area contributed by atoms with Crippen molar-refractivity contribution in [2.45, 2.75) is 36.6 Å². The summed E-state index contributed by atoms with van der Waals surface area (Å²) in [6, 6.07) is 5.56. The molecule has 2 aliphatic rings. The van der Waals surface area contributed by atoms with Crippen molar-refractivity contribution in [2.75, 3.05) is 19.6 Å². The van der Waals surface area contributed by atoms with Gasteiger partial charge in [0.2, 0.25) is 10.0 Å². The van der Waals surface area contributed by atoms with Crippen LogP contribution in [0.3, 0.4) is 0 Å². The quantitative estimate of drug-likeness (QED) is 0.666. The van der Waals surface area contributed by atoms with E-state index < -0.39 is 14.9 Å². The van der Waals surface area contributed by atoms with E-state index in [-0.39, 0.29) is 22.5 Å². The second kappa shape index (κ2) is 6.54. The van der Waals surface area contributed by atoms with Crippen molar-refractivity contribution in [3.05, 3.63) is 34.4 Å². The molecule has 126 valence electrons. The van der Waals surface area contributed by atoms with Crippen molar-refractivity contribution in [3.63, 3.8) is 0 Å². The standard InChI is InChI=1S/C15H21N3O4S/c19-18(20)14-6-1-2-7-15(14)23(21,22)17-10-4-3-5-13(17)12-8-9-16-11-12/h1-2,6-7,12-13,16H,3-5,8-11H2. The van der Waals surface area contributed by atoms with Crippen LogP contribution >= 0.6 is 0 Å². The van der Waals surface area contributed by atoms with Gasteiger partial charge in [-0.2, -0.15) is 4.31 Å². The Kier molecular flexibility index (Phi) is 4.65. The molecule has 23 heavy (non-hydrogen) atoms. The van der Waals surface area contributed by atoms with E-state index in [1.54, 1.807) is 0 Å². The van der Waals surface area contributed by atoms with Gasteiger partial charge < -0.3 is 5.32 Å². The lowest BCUT2D eigenvalue weighted by molar-refractivity contribution is -0.387. The fraction of sp³-hybridized carbons (Fsp3) is 0.600. The van der Waals surface area contributed by atoms with Gasteiger partial charge in [0, 0.05) is 18.7 Å². The van der Waals surface area contributed by atoms with Crippen molar-refractivity contribution >= 4 is 15.7 Å². The highest BCUT2D eigenvalue weighted by Gasteiger charge is 2.40. The van der Waals surface area contributed by atoms with Crippen LogP contribution in [0.4, 0.5) is 5.69 Å². The SMILES string of the molecule is O=[N+]([O-])c1ccccc1S(=O)(=O)N1CCCCC1C1CCNC1. The first-order chi connectivity index (χ1) is 11.0. The third kappa shape index (κ3) is 3.11. The molecule has 7 nitrogen and oxygen atoms in total. The monoisotopic (exact) mass is 339 g/mol. The molecular weight excluding hydrogens is 318 g/mol. The number of sulfonamides is 1. The summed E-state index contributed by atoms with van der Waals surface area (Å²) >= 11 is 0. The molecule has 3 rings (SSSR count). The fourth-order valence-corrected chi connectivity index (χ4v) is 5.57. The van der Waals surface area contributed by atoms with Gasteiger partial charge in [0.1, 0.15) is 0 Å². The summed E-state index contributed by atoms with van der Waals surface area (Å²) in [5.41, 5.74) is -0.346. The molecular formula is C15H21N3O4S. The Balaban J connectivity index is 1.98. The van der Waals surface area contributed by atoms with E-state index in [4.69, 9.17) is 0 Å². The zero-order valence-corrected chi connectivity index (χ0v) is 13.7. The number of para-hydroxylation sites is 1. The predicted octanol–water partition coefficient (Wildman–Crippen LogP) is 1.75. The van der Waals surface area contributed by atoms with Gasteiger partial charge in [-0.25, -0.2) is 8.42 Å². The lowest BCUT2D eigenvalue weighted by Crippen LogP contribution is -2.48. The second-order valence-electron chi connectivity index (χ2n) is 6.16. The van der Waals surface area contributed by atoms with Crippen LogP contribution in [0.1, 0.15) is 25.7 Å². The van der Waals surface area contributed by atoms with E-state index in [0.717, 1.165) is 38.8 Å². The van der Waals surface area contributed by atoms with Gasteiger partial charge in [-0.1, -0.05) is 18.6 Å². The van der Waals surface area contributed by atoms with Gasteiger partial charge in [0.15, 0.2) is 4.90 Å². The molecule has 0 saturated carbocycles. The van der Waals surface area contributed by atoms with E-state index in [9.17, 15) is 18.5 Å². The molecule has 0 aliphatic carbocycles. The number of nitrogens with one attached hydrogen (secondary N) is 1.